The monoisotopic (exact) mass is 312 g/mol. The lowest BCUT2D eigenvalue weighted by Crippen LogP contribution is -2.23. The number of hydrogen-bond donors (Lipinski definition) is 0. The summed E-state index contributed by atoms with van der Waals surface area (Å²) in [5, 5.41) is 0. The van der Waals surface area contributed by atoms with Gasteiger partial charge in [0.1, 0.15) is 5.75 Å². The van der Waals surface area contributed by atoms with Crippen LogP contribution in [0, 0.1) is 5.41 Å². The first kappa shape index (κ1) is 15.2. The first-order valence-electron chi connectivity index (χ1n) is 6.39. The second kappa shape index (κ2) is 6.37. The minimum absolute atomic E-state index is 0.174. The van der Waals surface area contributed by atoms with Gasteiger partial charge in [-0.2, -0.15) is 0 Å². The summed E-state index contributed by atoms with van der Waals surface area (Å²) in [7, 11) is 0. The number of hydrogen-bond acceptors (Lipinski definition) is 2. The van der Waals surface area contributed by atoms with Gasteiger partial charge >= 0.3 is 0 Å². The molecule has 0 atom stereocenters. The molecule has 0 aliphatic carbocycles. The van der Waals surface area contributed by atoms with E-state index in [0.717, 1.165) is 28.6 Å². The molecule has 0 N–H and O–H groups in total. The quantitative estimate of drug-likeness (QED) is 0.701. The van der Waals surface area contributed by atoms with E-state index in [-0.39, 0.29) is 11.2 Å². The zero-order valence-corrected chi connectivity index (χ0v) is 13.1. The lowest BCUT2D eigenvalue weighted by Gasteiger charge is -2.21. The normalized spacial score (nSPS) is 11.4. The Morgan fingerprint density at radius 2 is 2.00 bits per heavy atom. The Hall–Kier alpha value is -0.830. The summed E-state index contributed by atoms with van der Waals surface area (Å²) in [6.07, 6.45) is 1.80. The molecule has 18 heavy (non-hydrogen) atoms. The fourth-order valence-electron chi connectivity index (χ4n) is 1.52. The molecule has 100 valence electrons. The third-order valence-electron chi connectivity index (χ3n) is 3.15. The van der Waals surface area contributed by atoms with Crippen LogP contribution in [0.2, 0.25) is 0 Å². The molecule has 1 rings (SSSR count). The van der Waals surface area contributed by atoms with Crippen molar-refractivity contribution in [1.29, 1.82) is 0 Å². The largest absolute Gasteiger partial charge is 0.492 e. The minimum Gasteiger partial charge on any atom is -0.492 e. The zero-order valence-electron chi connectivity index (χ0n) is 11.5. The molecular formula is C15H21BrO2. The zero-order chi connectivity index (χ0) is 13.8. The van der Waals surface area contributed by atoms with Gasteiger partial charge in [0.2, 0.25) is 0 Å². The van der Waals surface area contributed by atoms with E-state index in [1.54, 1.807) is 0 Å². The number of rotatable bonds is 6. The summed E-state index contributed by atoms with van der Waals surface area (Å²) < 4.78 is 6.42. The average molecular weight is 313 g/mol. The maximum Gasteiger partial charge on any atom is 0.168 e. The Balaban J connectivity index is 2.94. The average Bonchev–Trinajstić information content (AvgIpc) is 2.36. The molecule has 0 radical (unpaired) electrons. The van der Waals surface area contributed by atoms with Crippen molar-refractivity contribution in [2.24, 2.45) is 5.41 Å². The van der Waals surface area contributed by atoms with E-state index >= 15 is 0 Å². The van der Waals surface area contributed by atoms with Gasteiger partial charge in [-0.05, 0) is 47.0 Å². The fourth-order valence-corrected chi connectivity index (χ4v) is 2.02. The first-order chi connectivity index (χ1) is 8.42. The van der Waals surface area contributed by atoms with E-state index in [1.165, 1.54) is 0 Å². The van der Waals surface area contributed by atoms with Gasteiger partial charge in [0.15, 0.2) is 5.78 Å². The summed E-state index contributed by atoms with van der Waals surface area (Å²) in [6, 6.07) is 5.55. The molecule has 0 heterocycles. The minimum atomic E-state index is -0.314. The fraction of sp³-hybridized carbons (Fsp3) is 0.533. The SMILES string of the molecule is CCCOc1ccc(C(=O)C(C)(C)CC)cc1Br. The smallest absolute Gasteiger partial charge is 0.168 e. The Kier molecular flexibility index (Phi) is 5.39. The molecule has 0 aliphatic rings. The first-order valence-corrected chi connectivity index (χ1v) is 7.18. The predicted molar refractivity (Wildman–Crippen MR) is 78.3 cm³/mol. The van der Waals surface area contributed by atoms with Gasteiger partial charge in [-0.1, -0.05) is 27.7 Å². The summed E-state index contributed by atoms with van der Waals surface area (Å²) in [5.41, 5.74) is 0.420. The van der Waals surface area contributed by atoms with Crippen LogP contribution in [-0.2, 0) is 0 Å². The summed E-state index contributed by atoms with van der Waals surface area (Å²) in [5.74, 6) is 0.968. The highest BCUT2D eigenvalue weighted by Crippen LogP contribution is 2.31. The summed E-state index contributed by atoms with van der Waals surface area (Å²) in [6.45, 7) is 8.74. The Bertz CT molecular complexity index is 425. The highest BCUT2D eigenvalue weighted by atomic mass is 79.9. The number of carbonyl (C=O) groups excluding carboxylic acids is 1. The van der Waals surface area contributed by atoms with Gasteiger partial charge in [-0.3, -0.25) is 4.79 Å². The van der Waals surface area contributed by atoms with E-state index < -0.39 is 0 Å². The molecule has 1 aromatic rings. The maximum atomic E-state index is 12.3. The van der Waals surface area contributed by atoms with Gasteiger partial charge in [0, 0.05) is 11.0 Å². The summed E-state index contributed by atoms with van der Waals surface area (Å²) >= 11 is 3.46. The molecule has 0 saturated carbocycles. The lowest BCUT2D eigenvalue weighted by atomic mass is 9.82. The van der Waals surface area contributed by atoms with Gasteiger partial charge in [-0.25, -0.2) is 0 Å². The highest BCUT2D eigenvalue weighted by molar-refractivity contribution is 9.10. The van der Waals surface area contributed by atoms with Gasteiger partial charge in [-0.15, -0.1) is 0 Å². The second-order valence-corrected chi connectivity index (χ2v) is 5.91. The van der Waals surface area contributed by atoms with E-state index in [4.69, 9.17) is 4.74 Å². The van der Waals surface area contributed by atoms with Gasteiger partial charge < -0.3 is 4.74 Å². The number of carbonyl (C=O) groups is 1. The molecule has 0 spiro atoms. The molecule has 0 fully saturated rings. The lowest BCUT2D eigenvalue weighted by molar-refractivity contribution is 0.0833. The molecule has 2 nitrogen and oxygen atoms in total. The van der Waals surface area contributed by atoms with Crippen molar-refractivity contribution in [3.8, 4) is 5.75 Å². The number of halogens is 1. The molecule has 0 amide bonds. The number of ether oxygens (including phenoxy) is 1. The Morgan fingerprint density at radius 1 is 1.33 bits per heavy atom. The van der Waals surface area contributed by atoms with E-state index in [9.17, 15) is 4.79 Å². The maximum absolute atomic E-state index is 12.3. The van der Waals surface area contributed by atoms with Crippen LogP contribution in [0.4, 0.5) is 0 Å². The topological polar surface area (TPSA) is 26.3 Å². The third kappa shape index (κ3) is 3.58. The number of ketones is 1. The molecule has 1 aromatic carbocycles. The Labute approximate surface area is 118 Å². The summed E-state index contributed by atoms with van der Waals surface area (Å²) in [4.78, 5) is 12.3. The van der Waals surface area contributed by atoms with Gasteiger partial charge in [0.05, 0.1) is 11.1 Å². The van der Waals surface area contributed by atoms with Crippen LogP contribution in [0.1, 0.15) is 50.9 Å². The molecule has 0 aliphatic heterocycles. The number of Topliss-reactive ketones (excluding diaryl/α,β-unsaturated/α-hetero) is 1. The van der Waals surface area contributed by atoms with Crippen molar-refractivity contribution < 1.29 is 9.53 Å². The van der Waals surface area contributed by atoms with Crippen LogP contribution in [0.3, 0.4) is 0 Å². The standard InChI is InChI=1S/C15H21BrO2/c1-5-9-18-13-8-7-11(10-12(13)16)14(17)15(3,4)6-2/h7-8,10H,5-6,9H2,1-4H3. The van der Waals surface area contributed by atoms with E-state index in [1.807, 2.05) is 39.0 Å². The molecular weight excluding hydrogens is 292 g/mol. The van der Waals surface area contributed by atoms with Gasteiger partial charge in [0.25, 0.3) is 0 Å². The molecule has 0 unspecified atom stereocenters. The van der Waals surface area contributed by atoms with Crippen LogP contribution >= 0.6 is 15.9 Å². The van der Waals surface area contributed by atoms with Crippen LogP contribution < -0.4 is 4.74 Å². The second-order valence-electron chi connectivity index (χ2n) is 5.06. The highest BCUT2D eigenvalue weighted by Gasteiger charge is 2.26. The van der Waals surface area contributed by atoms with Crippen molar-refractivity contribution in [1.82, 2.24) is 0 Å². The molecule has 3 heteroatoms. The van der Waals surface area contributed by atoms with E-state index in [0.29, 0.717) is 6.61 Å². The Morgan fingerprint density at radius 3 is 2.50 bits per heavy atom. The van der Waals surface area contributed by atoms with Crippen LogP contribution in [0.15, 0.2) is 22.7 Å². The van der Waals surface area contributed by atoms with Crippen molar-refractivity contribution in [2.45, 2.75) is 40.5 Å². The van der Waals surface area contributed by atoms with Crippen molar-refractivity contribution in [3.63, 3.8) is 0 Å². The molecule has 0 bridgehead atoms. The molecule has 0 aromatic heterocycles. The number of benzene rings is 1. The molecule has 0 saturated heterocycles. The van der Waals surface area contributed by atoms with Crippen molar-refractivity contribution in [2.75, 3.05) is 6.61 Å². The van der Waals surface area contributed by atoms with Crippen LogP contribution in [0.5, 0.6) is 5.75 Å². The third-order valence-corrected chi connectivity index (χ3v) is 3.77. The van der Waals surface area contributed by atoms with Crippen LogP contribution in [-0.4, -0.2) is 12.4 Å². The van der Waals surface area contributed by atoms with Crippen molar-refractivity contribution in [3.05, 3.63) is 28.2 Å². The van der Waals surface area contributed by atoms with E-state index in [2.05, 4.69) is 22.9 Å². The van der Waals surface area contributed by atoms with Crippen LogP contribution in [0.25, 0.3) is 0 Å². The van der Waals surface area contributed by atoms with Crippen molar-refractivity contribution >= 4 is 21.7 Å². The predicted octanol–water partition coefficient (Wildman–Crippen LogP) is 4.86.